The Balaban J connectivity index is 0.00000169. The third kappa shape index (κ3) is 3.87. The maximum Gasteiger partial charge on any atom is 1.00 e. The molecule has 0 aliphatic heterocycles. The number of rotatable bonds is 1. The van der Waals surface area contributed by atoms with Crippen LogP contribution < -0.4 is 56.8 Å². The Labute approximate surface area is 137 Å². The van der Waals surface area contributed by atoms with Crippen LogP contribution in [0.2, 0.25) is 15.1 Å². The molecule has 0 bridgehead atoms. The first-order chi connectivity index (χ1) is 5.82. The van der Waals surface area contributed by atoms with Crippen molar-refractivity contribution in [2.24, 2.45) is 0 Å². The topological polar surface area (TPSA) is 0 Å². The van der Waals surface area contributed by atoms with E-state index in [0.29, 0.717) is 0 Å². The van der Waals surface area contributed by atoms with E-state index in [4.69, 9.17) is 34.8 Å². The molecule has 0 saturated heterocycles. The largest absolute Gasteiger partial charge is 1.00 e. The van der Waals surface area contributed by atoms with Gasteiger partial charge in [-0.05, 0) is 6.07 Å². The Morgan fingerprint density at radius 2 is 1.50 bits per heavy atom. The summed E-state index contributed by atoms with van der Waals surface area (Å²) in [7, 11) is 0. The molecule has 72 valence electrons. The van der Waals surface area contributed by atoms with Gasteiger partial charge in [0, 0.05) is 10.0 Å². The summed E-state index contributed by atoms with van der Waals surface area (Å²) < 4.78 is 36.8. The zero-order valence-corrected chi connectivity index (χ0v) is 12.4. The van der Waals surface area contributed by atoms with Gasteiger partial charge in [-0.2, -0.15) is 0 Å². The van der Waals surface area contributed by atoms with Gasteiger partial charge in [-0.1, -0.05) is 46.3 Å². The van der Waals surface area contributed by atoms with Crippen molar-refractivity contribution >= 4 is 47.2 Å². The Kier molecular flexibility index (Phi) is 6.43. The Morgan fingerprint density at radius 3 is 1.93 bits per heavy atom. The normalized spacial score (nSPS) is 11.0. The second-order valence-corrected chi connectivity index (χ2v) is 3.59. The summed E-state index contributed by atoms with van der Waals surface area (Å²) in [6.07, 6.45) is 0. The quantitative estimate of drug-likeness (QED) is 0.527. The van der Waals surface area contributed by atoms with Crippen LogP contribution in [0.25, 0.3) is 0 Å². The van der Waals surface area contributed by atoms with Crippen LogP contribution in [-0.2, 0) is 0 Å². The molecular formula is C6H2BCl3F3K. The van der Waals surface area contributed by atoms with E-state index in [-0.39, 0.29) is 61.4 Å². The van der Waals surface area contributed by atoms with Crippen LogP contribution in [0.15, 0.2) is 12.1 Å². The molecule has 0 aliphatic rings. The van der Waals surface area contributed by atoms with Gasteiger partial charge >= 0.3 is 58.4 Å². The number of hydrogen-bond donors (Lipinski definition) is 0. The molecule has 1 aromatic carbocycles. The Morgan fingerprint density at radius 1 is 1.00 bits per heavy atom. The van der Waals surface area contributed by atoms with Crippen LogP contribution in [0.3, 0.4) is 0 Å². The van der Waals surface area contributed by atoms with E-state index in [1.165, 1.54) is 0 Å². The van der Waals surface area contributed by atoms with Crippen LogP contribution in [0, 0.1) is 0 Å². The molecule has 14 heavy (non-hydrogen) atoms. The fourth-order valence-electron chi connectivity index (χ4n) is 0.814. The number of benzene rings is 1. The summed E-state index contributed by atoms with van der Waals surface area (Å²) >= 11 is 16.2. The van der Waals surface area contributed by atoms with Crippen LogP contribution in [0.1, 0.15) is 0 Å². The maximum atomic E-state index is 12.3. The fraction of sp³-hybridized carbons (Fsp3) is 0. The molecule has 0 aromatic heterocycles. The first-order valence-electron chi connectivity index (χ1n) is 3.16. The second-order valence-electron chi connectivity index (χ2n) is 2.37. The van der Waals surface area contributed by atoms with Crippen molar-refractivity contribution in [2.45, 2.75) is 0 Å². The van der Waals surface area contributed by atoms with Crippen molar-refractivity contribution in [2.75, 3.05) is 0 Å². The van der Waals surface area contributed by atoms with Crippen LogP contribution in [0.5, 0.6) is 0 Å². The number of halogens is 6. The maximum absolute atomic E-state index is 12.3. The molecule has 0 saturated carbocycles. The van der Waals surface area contributed by atoms with Gasteiger partial charge in [0.25, 0.3) is 0 Å². The van der Waals surface area contributed by atoms with Gasteiger partial charge < -0.3 is 12.9 Å². The van der Waals surface area contributed by atoms with E-state index in [2.05, 4.69) is 0 Å². The Hall–Kier alpha value is 1.58. The molecule has 1 aromatic rings. The molecule has 8 heteroatoms. The van der Waals surface area contributed by atoms with Gasteiger partial charge in [-0.3, -0.25) is 0 Å². The summed E-state index contributed by atoms with van der Waals surface area (Å²) in [5.74, 6) is 0. The van der Waals surface area contributed by atoms with Gasteiger partial charge in [-0.15, -0.1) is 0 Å². The van der Waals surface area contributed by atoms with Crippen LogP contribution in [-0.4, -0.2) is 6.98 Å². The first-order valence-corrected chi connectivity index (χ1v) is 4.30. The van der Waals surface area contributed by atoms with Crippen molar-refractivity contribution in [1.29, 1.82) is 0 Å². The summed E-state index contributed by atoms with van der Waals surface area (Å²) in [5.41, 5.74) is -0.959. The molecule has 0 atom stereocenters. The predicted octanol–water partition coefficient (Wildman–Crippen LogP) is 0.705. The van der Waals surface area contributed by atoms with E-state index in [0.717, 1.165) is 12.1 Å². The van der Waals surface area contributed by atoms with E-state index in [1.54, 1.807) is 0 Å². The van der Waals surface area contributed by atoms with Gasteiger partial charge in [-0.25, -0.2) is 0 Å². The molecule has 0 nitrogen and oxygen atoms in total. The van der Waals surface area contributed by atoms with E-state index in [1.807, 2.05) is 0 Å². The molecule has 0 fully saturated rings. The van der Waals surface area contributed by atoms with Crippen molar-refractivity contribution in [3.8, 4) is 0 Å². The van der Waals surface area contributed by atoms with Crippen molar-refractivity contribution in [3.05, 3.63) is 27.2 Å². The molecule has 0 aliphatic carbocycles. The average molecular weight is 287 g/mol. The van der Waals surface area contributed by atoms with Gasteiger partial charge in [0.05, 0.1) is 5.02 Å². The molecular weight excluding hydrogens is 285 g/mol. The van der Waals surface area contributed by atoms with E-state index < -0.39 is 17.5 Å². The minimum atomic E-state index is -5.17. The minimum Gasteiger partial charge on any atom is -0.445 e. The molecule has 0 unspecified atom stereocenters. The molecule has 0 amide bonds. The predicted molar refractivity (Wildman–Crippen MR) is 50.2 cm³/mol. The summed E-state index contributed by atoms with van der Waals surface area (Å²) in [5, 5.41) is -0.773. The van der Waals surface area contributed by atoms with Gasteiger partial charge in [0.1, 0.15) is 0 Å². The summed E-state index contributed by atoms with van der Waals surface area (Å²) in [6.45, 7) is -5.17. The molecule has 0 spiro atoms. The third-order valence-corrected chi connectivity index (χ3v) is 2.41. The minimum absolute atomic E-state index is 0. The molecule has 1 rings (SSSR count). The fourth-order valence-corrected chi connectivity index (χ4v) is 1.56. The van der Waals surface area contributed by atoms with Gasteiger partial charge in [0.15, 0.2) is 0 Å². The van der Waals surface area contributed by atoms with Crippen LogP contribution in [0.4, 0.5) is 12.9 Å². The average Bonchev–Trinajstić information content (AvgIpc) is 1.94. The first kappa shape index (κ1) is 15.6. The molecule has 0 heterocycles. The summed E-state index contributed by atoms with van der Waals surface area (Å²) in [6, 6.07) is 1.92. The van der Waals surface area contributed by atoms with Crippen molar-refractivity contribution < 1.29 is 64.3 Å². The molecule has 0 radical (unpaired) electrons. The summed E-state index contributed by atoms with van der Waals surface area (Å²) in [4.78, 5) is 0. The van der Waals surface area contributed by atoms with E-state index >= 15 is 0 Å². The third-order valence-electron chi connectivity index (χ3n) is 1.37. The van der Waals surface area contributed by atoms with Gasteiger partial charge in [0.2, 0.25) is 0 Å². The smallest absolute Gasteiger partial charge is 0.445 e. The zero-order chi connectivity index (χ0) is 10.2. The molecule has 0 N–H and O–H groups in total. The van der Waals surface area contributed by atoms with Crippen molar-refractivity contribution in [1.82, 2.24) is 0 Å². The zero-order valence-electron chi connectivity index (χ0n) is 7.00. The second kappa shape index (κ2) is 5.77. The van der Waals surface area contributed by atoms with E-state index in [9.17, 15) is 12.9 Å². The van der Waals surface area contributed by atoms with Crippen molar-refractivity contribution in [3.63, 3.8) is 0 Å². The monoisotopic (exact) mass is 286 g/mol. The van der Waals surface area contributed by atoms with Crippen LogP contribution >= 0.6 is 34.8 Å². The Bertz CT molecular complexity index is 342. The standard InChI is InChI=1S/C6H2BCl3F3.K/c8-3-1-4(7(11,12)13)6(10)5(9)2-3;/h1-2H;/q-1;+1. The SMILES string of the molecule is F[B-](F)(F)c1cc(Cl)cc(Cl)c1Cl.[K+]. The number of hydrogen-bond acceptors (Lipinski definition) is 0.